The molecule has 0 radical (unpaired) electrons. The molecule has 2 aromatic rings. The molecule has 2 rings (SSSR count). The first-order valence-electron chi connectivity index (χ1n) is 12.7. The second kappa shape index (κ2) is 14.5. The van der Waals surface area contributed by atoms with Gasteiger partial charge in [-0.1, -0.05) is 43.2 Å². The van der Waals surface area contributed by atoms with Gasteiger partial charge in [-0.05, 0) is 81.9 Å². The lowest BCUT2D eigenvalue weighted by Crippen LogP contribution is -2.52. The number of carbonyl (C=O) groups excluding carboxylic acids is 3. The third-order valence-corrected chi connectivity index (χ3v) is 6.35. The number of amides is 3. The molecule has 38 heavy (non-hydrogen) atoms. The Morgan fingerprint density at radius 1 is 1.11 bits per heavy atom. The third-order valence-electron chi connectivity index (χ3n) is 5.70. The number of rotatable bonds is 11. The van der Waals surface area contributed by atoms with Crippen LogP contribution in [-0.4, -0.2) is 53.0 Å². The Labute approximate surface area is 231 Å². The summed E-state index contributed by atoms with van der Waals surface area (Å²) in [4.78, 5) is 42.0. The van der Waals surface area contributed by atoms with Crippen molar-refractivity contribution in [2.75, 3.05) is 23.9 Å². The summed E-state index contributed by atoms with van der Waals surface area (Å²) in [6, 6.07) is 12.7. The first-order valence-corrected chi connectivity index (χ1v) is 14.1. The van der Waals surface area contributed by atoms with E-state index in [9.17, 15) is 14.4 Å². The maximum Gasteiger partial charge on any atom is 0.408 e. The summed E-state index contributed by atoms with van der Waals surface area (Å²) < 4.78 is 5.42. The molecule has 0 aliphatic carbocycles. The molecule has 7 nitrogen and oxygen atoms in total. The summed E-state index contributed by atoms with van der Waals surface area (Å²) in [5.74, 6) is 2.52. The van der Waals surface area contributed by atoms with Gasteiger partial charge in [-0.3, -0.25) is 9.59 Å². The van der Waals surface area contributed by atoms with Crippen LogP contribution in [0.15, 0.2) is 48.5 Å². The van der Waals surface area contributed by atoms with E-state index in [4.69, 9.17) is 11.2 Å². The summed E-state index contributed by atoms with van der Waals surface area (Å²) >= 11 is 1.57. The number of terminal acetylenes is 1. The zero-order valence-electron chi connectivity index (χ0n) is 23.2. The number of hydrogen-bond donors (Lipinski definition) is 2. The molecule has 204 valence electrons. The highest BCUT2D eigenvalue weighted by Gasteiger charge is 2.36. The molecular weight excluding hydrogens is 498 g/mol. The standard InChI is InChI=1S/C30H39N3O4S/c1-8-19-33(28(35)25(18-20-38-7)32-29(36)37-30(4,5)6)26(23-16-14-22(9-2)15-17-23)27(34)31-24-13-11-10-12-21(24)3/h2,10-17,25-26H,8,18-20H2,1,3-7H3,(H,31,34)(H,32,36). The number of hydrogen-bond acceptors (Lipinski definition) is 5. The number of anilines is 1. The molecular formula is C30H39N3O4S. The first kappa shape index (κ1) is 30.8. The van der Waals surface area contributed by atoms with Crippen LogP contribution in [0.2, 0.25) is 0 Å². The summed E-state index contributed by atoms with van der Waals surface area (Å²) in [6.07, 6.45) is 7.81. The zero-order chi connectivity index (χ0) is 28.3. The molecule has 2 atom stereocenters. The van der Waals surface area contributed by atoms with Gasteiger partial charge in [0.15, 0.2) is 0 Å². The monoisotopic (exact) mass is 537 g/mol. The topological polar surface area (TPSA) is 87.7 Å². The largest absolute Gasteiger partial charge is 0.444 e. The molecule has 8 heteroatoms. The van der Waals surface area contributed by atoms with Crippen LogP contribution in [-0.2, 0) is 14.3 Å². The fourth-order valence-corrected chi connectivity index (χ4v) is 4.37. The van der Waals surface area contributed by atoms with Gasteiger partial charge in [-0.25, -0.2) is 4.79 Å². The summed E-state index contributed by atoms with van der Waals surface area (Å²) in [6.45, 7) is 9.45. The molecule has 0 heterocycles. The van der Waals surface area contributed by atoms with E-state index in [0.29, 0.717) is 42.0 Å². The van der Waals surface area contributed by atoms with Crippen LogP contribution in [0.4, 0.5) is 10.5 Å². The van der Waals surface area contributed by atoms with Crippen molar-refractivity contribution in [2.45, 2.75) is 65.1 Å². The number of nitrogens with zero attached hydrogens (tertiary/aromatic N) is 1. The van der Waals surface area contributed by atoms with Crippen molar-refractivity contribution in [1.29, 1.82) is 0 Å². The van der Waals surface area contributed by atoms with E-state index in [-0.39, 0.29) is 11.8 Å². The first-order chi connectivity index (χ1) is 18.0. The minimum atomic E-state index is -0.939. The number of thioether (sulfide) groups is 1. The number of carbonyl (C=O) groups is 3. The zero-order valence-corrected chi connectivity index (χ0v) is 24.0. The minimum Gasteiger partial charge on any atom is -0.444 e. The molecule has 0 fully saturated rings. The van der Waals surface area contributed by atoms with Gasteiger partial charge in [-0.15, -0.1) is 6.42 Å². The number of nitrogens with one attached hydrogen (secondary N) is 2. The molecule has 0 aliphatic rings. The number of para-hydroxylation sites is 1. The number of ether oxygens (including phenoxy) is 1. The molecule has 3 amide bonds. The fourth-order valence-electron chi connectivity index (χ4n) is 3.90. The lowest BCUT2D eigenvalue weighted by molar-refractivity contribution is -0.140. The van der Waals surface area contributed by atoms with Gasteiger partial charge in [0, 0.05) is 17.8 Å². The van der Waals surface area contributed by atoms with Gasteiger partial charge in [0.25, 0.3) is 5.91 Å². The predicted octanol–water partition coefficient (Wildman–Crippen LogP) is 5.54. The van der Waals surface area contributed by atoms with E-state index in [1.807, 2.05) is 44.4 Å². The smallest absolute Gasteiger partial charge is 0.408 e. The maximum absolute atomic E-state index is 14.0. The van der Waals surface area contributed by atoms with Gasteiger partial charge < -0.3 is 20.3 Å². The Morgan fingerprint density at radius 2 is 1.76 bits per heavy atom. The average molecular weight is 538 g/mol. The summed E-state index contributed by atoms with van der Waals surface area (Å²) in [7, 11) is 0. The van der Waals surface area contributed by atoms with Gasteiger partial charge in [-0.2, -0.15) is 11.8 Å². The quantitative estimate of drug-likeness (QED) is 0.368. The van der Waals surface area contributed by atoms with Crippen LogP contribution in [0, 0.1) is 19.3 Å². The summed E-state index contributed by atoms with van der Waals surface area (Å²) in [5, 5.41) is 5.74. The van der Waals surface area contributed by atoms with Crippen LogP contribution in [0.3, 0.4) is 0 Å². The number of aryl methyl sites for hydroxylation is 1. The summed E-state index contributed by atoms with van der Waals surface area (Å²) in [5.41, 5.74) is 2.15. The molecule has 0 aliphatic heterocycles. The SMILES string of the molecule is C#Cc1ccc(C(C(=O)Nc2ccccc2C)N(CCC)C(=O)C(CCSC)NC(=O)OC(C)(C)C)cc1. The Balaban J connectivity index is 2.50. The highest BCUT2D eigenvalue weighted by atomic mass is 32.2. The molecule has 2 unspecified atom stereocenters. The van der Waals surface area contributed by atoms with Crippen molar-refractivity contribution in [1.82, 2.24) is 10.2 Å². The van der Waals surface area contributed by atoms with Gasteiger partial charge >= 0.3 is 6.09 Å². The molecule has 0 saturated heterocycles. The second-order valence-corrected chi connectivity index (χ2v) is 11.0. The fraction of sp³-hybridized carbons (Fsp3) is 0.433. The van der Waals surface area contributed by atoms with Crippen molar-refractivity contribution in [3.63, 3.8) is 0 Å². The van der Waals surface area contributed by atoms with Crippen molar-refractivity contribution in [3.05, 3.63) is 65.2 Å². The molecule has 2 aromatic carbocycles. The van der Waals surface area contributed by atoms with Crippen molar-refractivity contribution < 1.29 is 19.1 Å². The Morgan fingerprint density at radius 3 is 2.32 bits per heavy atom. The van der Waals surface area contributed by atoms with E-state index in [2.05, 4.69) is 16.6 Å². The van der Waals surface area contributed by atoms with E-state index < -0.39 is 23.8 Å². The van der Waals surface area contributed by atoms with Crippen molar-refractivity contribution in [2.24, 2.45) is 0 Å². The van der Waals surface area contributed by atoms with Crippen LogP contribution in [0.25, 0.3) is 0 Å². The van der Waals surface area contributed by atoms with Crippen molar-refractivity contribution in [3.8, 4) is 12.3 Å². The molecule has 0 aromatic heterocycles. The predicted molar refractivity (Wildman–Crippen MR) is 155 cm³/mol. The van der Waals surface area contributed by atoms with E-state index in [1.165, 1.54) is 0 Å². The maximum atomic E-state index is 14.0. The van der Waals surface area contributed by atoms with Crippen molar-refractivity contribution >= 4 is 35.4 Å². The second-order valence-electron chi connectivity index (χ2n) is 9.98. The van der Waals surface area contributed by atoms with Gasteiger partial charge in [0.2, 0.25) is 5.91 Å². The highest BCUT2D eigenvalue weighted by Crippen LogP contribution is 2.26. The molecule has 0 spiro atoms. The number of benzene rings is 2. The Kier molecular flexibility index (Phi) is 11.7. The third kappa shape index (κ3) is 9.14. The Bertz CT molecular complexity index is 1140. The lowest BCUT2D eigenvalue weighted by Gasteiger charge is -2.34. The van der Waals surface area contributed by atoms with Crippen LogP contribution < -0.4 is 10.6 Å². The lowest BCUT2D eigenvalue weighted by atomic mass is 10.00. The van der Waals surface area contributed by atoms with Crippen LogP contribution in [0.1, 0.15) is 63.3 Å². The van der Waals surface area contributed by atoms with E-state index in [1.54, 1.807) is 61.7 Å². The molecule has 2 N–H and O–H groups in total. The molecule has 0 bridgehead atoms. The number of alkyl carbamates (subject to hydrolysis) is 1. The average Bonchev–Trinajstić information content (AvgIpc) is 2.86. The highest BCUT2D eigenvalue weighted by molar-refractivity contribution is 7.98. The normalized spacial score (nSPS) is 12.6. The van der Waals surface area contributed by atoms with Gasteiger partial charge in [0.05, 0.1) is 0 Å². The van der Waals surface area contributed by atoms with Crippen LogP contribution >= 0.6 is 11.8 Å². The molecule has 0 saturated carbocycles. The van der Waals surface area contributed by atoms with E-state index >= 15 is 0 Å². The van der Waals surface area contributed by atoms with E-state index in [0.717, 1.165) is 5.56 Å². The van der Waals surface area contributed by atoms with Gasteiger partial charge in [0.1, 0.15) is 17.7 Å². The van der Waals surface area contributed by atoms with Crippen LogP contribution in [0.5, 0.6) is 0 Å². The minimum absolute atomic E-state index is 0.313. The Hall–Kier alpha value is -3.44.